The Morgan fingerprint density at radius 1 is 1.39 bits per heavy atom. The molecule has 5 atom stereocenters. The second kappa shape index (κ2) is 4.87. The summed E-state index contributed by atoms with van der Waals surface area (Å²) in [6.45, 7) is 0. The molecule has 5 nitrogen and oxygen atoms in total. The van der Waals surface area contributed by atoms with Crippen LogP contribution in [-0.2, 0) is 4.74 Å². The molecule has 2 aliphatic heterocycles. The molecule has 0 bridgehead atoms. The minimum atomic E-state index is -4.45. The first-order chi connectivity index (χ1) is 8.31. The molecule has 0 aromatic heterocycles. The molecule has 0 amide bonds. The van der Waals surface area contributed by atoms with Crippen molar-refractivity contribution in [3.8, 4) is 0 Å². The van der Waals surface area contributed by atoms with Gasteiger partial charge in [-0.15, -0.1) is 0 Å². The molecular formula is C9H13F3N2O3S. The zero-order chi connectivity index (χ0) is 13.5. The number of hydrogen-bond donors (Lipinski definition) is 3. The van der Waals surface area contributed by atoms with Crippen molar-refractivity contribution in [3.05, 3.63) is 0 Å². The van der Waals surface area contributed by atoms with E-state index in [-0.39, 0.29) is 0 Å². The fraction of sp³-hybridized carbons (Fsp3) is 0.889. The fourth-order valence-electron chi connectivity index (χ4n) is 1.95. The van der Waals surface area contributed by atoms with E-state index < -0.39 is 42.4 Å². The van der Waals surface area contributed by atoms with Gasteiger partial charge in [0.15, 0.2) is 5.17 Å². The highest BCUT2D eigenvalue weighted by Gasteiger charge is 2.50. The molecule has 18 heavy (non-hydrogen) atoms. The van der Waals surface area contributed by atoms with E-state index >= 15 is 0 Å². The summed E-state index contributed by atoms with van der Waals surface area (Å²) in [5, 5.41) is 22.6. The molecule has 9 heteroatoms. The van der Waals surface area contributed by atoms with Crippen LogP contribution in [-0.4, -0.2) is 58.4 Å². The predicted octanol–water partition coefficient (Wildman–Crippen LogP) is 0.0763. The number of halogens is 3. The zero-order valence-electron chi connectivity index (χ0n) is 9.39. The first-order valence-electron chi connectivity index (χ1n) is 5.32. The summed E-state index contributed by atoms with van der Waals surface area (Å²) in [7, 11) is 1.61. The van der Waals surface area contributed by atoms with Gasteiger partial charge in [0.05, 0.1) is 12.5 Å². The maximum Gasteiger partial charge on any atom is 0.391 e. The lowest BCUT2D eigenvalue weighted by Crippen LogP contribution is -2.55. The number of aliphatic hydroxyl groups is 2. The van der Waals surface area contributed by atoms with Crippen LogP contribution in [0.2, 0.25) is 0 Å². The van der Waals surface area contributed by atoms with Crippen LogP contribution < -0.4 is 5.32 Å². The van der Waals surface area contributed by atoms with Gasteiger partial charge in [-0.2, -0.15) is 13.2 Å². The van der Waals surface area contributed by atoms with Crippen LogP contribution in [0.25, 0.3) is 0 Å². The van der Waals surface area contributed by atoms with E-state index in [0.29, 0.717) is 5.17 Å². The molecule has 0 aromatic rings. The number of fused-ring (bicyclic) bond motifs is 1. The van der Waals surface area contributed by atoms with Gasteiger partial charge in [-0.05, 0) is 0 Å². The Labute approximate surface area is 105 Å². The molecule has 0 unspecified atom stereocenters. The number of ether oxygens (including phenoxy) is 1. The minimum Gasteiger partial charge on any atom is -0.388 e. The Balaban J connectivity index is 2.08. The maximum atomic E-state index is 12.3. The Morgan fingerprint density at radius 2 is 2.06 bits per heavy atom. The normalized spacial score (nSPS) is 40.3. The standard InChI is InChI=1S/C9H13F3N2O3S/c1-13-8-14-4-6(16)5(15)3(2-9(10,11)12)17-7(4)18-8/h3-7,15-16H,2H2,1H3,(H,13,14)/t3-,4-,5-,6-,7-/m1/s1. The van der Waals surface area contributed by atoms with E-state index in [4.69, 9.17) is 4.74 Å². The number of amidine groups is 1. The van der Waals surface area contributed by atoms with Crippen LogP contribution >= 0.6 is 11.8 Å². The molecule has 104 valence electrons. The second-order valence-electron chi connectivity index (χ2n) is 4.14. The highest BCUT2D eigenvalue weighted by Crippen LogP contribution is 2.38. The number of nitrogens with one attached hydrogen (secondary N) is 1. The third kappa shape index (κ3) is 2.73. The van der Waals surface area contributed by atoms with Gasteiger partial charge in [0.2, 0.25) is 0 Å². The topological polar surface area (TPSA) is 74.1 Å². The maximum absolute atomic E-state index is 12.3. The Bertz CT molecular complexity index is 352. The van der Waals surface area contributed by atoms with Crippen LogP contribution in [0.4, 0.5) is 13.2 Å². The number of rotatable bonds is 1. The summed E-state index contributed by atoms with van der Waals surface area (Å²) in [4.78, 5) is 4.04. The van der Waals surface area contributed by atoms with Gasteiger partial charge in [-0.1, -0.05) is 11.8 Å². The van der Waals surface area contributed by atoms with Crippen molar-refractivity contribution < 1.29 is 28.1 Å². The van der Waals surface area contributed by atoms with E-state index in [1.54, 1.807) is 7.05 Å². The predicted molar refractivity (Wildman–Crippen MR) is 59.2 cm³/mol. The summed E-state index contributed by atoms with van der Waals surface area (Å²) in [5.74, 6) is 0. The summed E-state index contributed by atoms with van der Waals surface area (Å²) in [5.41, 5.74) is -0.696. The highest BCUT2D eigenvalue weighted by atomic mass is 32.2. The summed E-state index contributed by atoms with van der Waals surface area (Å²) < 4.78 is 42.1. The summed E-state index contributed by atoms with van der Waals surface area (Å²) in [6.07, 6.45) is -10.1. The van der Waals surface area contributed by atoms with E-state index in [1.807, 2.05) is 0 Å². The molecule has 3 N–H and O–H groups in total. The number of nitrogens with zero attached hydrogens (tertiary/aromatic N) is 1. The van der Waals surface area contributed by atoms with Crippen molar-refractivity contribution in [3.63, 3.8) is 0 Å². The molecule has 0 aliphatic carbocycles. The lowest BCUT2D eigenvalue weighted by atomic mass is 9.96. The van der Waals surface area contributed by atoms with Crippen molar-refractivity contribution in [2.75, 3.05) is 7.05 Å². The second-order valence-corrected chi connectivity index (χ2v) is 5.22. The van der Waals surface area contributed by atoms with E-state index in [1.165, 1.54) is 0 Å². The number of aliphatic hydroxyl groups excluding tert-OH is 2. The van der Waals surface area contributed by atoms with Gasteiger partial charge in [0, 0.05) is 7.05 Å². The molecule has 0 aromatic carbocycles. The smallest absolute Gasteiger partial charge is 0.388 e. The van der Waals surface area contributed by atoms with Gasteiger partial charge >= 0.3 is 6.18 Å². The van der Waals surface area contributed by atoms with Crippen LogP contribution in [0.3, 0.4) is 0 Å². The summed E-state index contributed by atoms with van der Waals surface area (Å²) in [6, 6.07) is -0.739. The molecular weight excluding hydrogens is 273 g/mol. The van der Waals surface area contributed by atoms with Gasteiger partial charge in [-0.3, -0.25) is 4.99 Å². The van der Waals surface area contributed by atoms with Gasteiger partial charge in [0.1, 0.15) is 23.7 Å². The fourth-order valence-corrected chi connectivity index (χ4v) is 3.03. The average Bonchev–Trinajstić information content (AvgIpc) is 2.67. The van der Waals surface area contributed by atoms with Crippen molar-refractivity contribution in [2.24, 2.45) is 4.99 Å². The molecule has 1 saturated heterocycles. The Kier molecular flexibility index (Phi) is 3.77. The molecule has 2 rings (SSSR count). The Morgan fingerprint density at radius 3 is 2.61 bits per heavy atom. The quantitative estimate of drug-likeness (QED) is 0.636. The minimum absolute atomic E-state index is 0.476. The third-order valence-electron chi connectivity index (χ3n) is 2.81. The molecule has 0 spiro atoms. The SMILES string of the molecule is CNC1=N[C@@H]2[C@@H](O)[C@H](O)[C@@H](CC(F)(F)F)O[C@@H]2S1. The van der Waals surface area contributed by atoms with Crippen LogP contribution in [0.5, 0.6) is 0 Å². The molecule has 1 fully saturated rings. The van der Waals surface area contributed by atoms with Crippen LogP contribution in [0, 0.1) is 0 Å². The number of aliphatic imine (C=N–C) groups is 1. The van der Waals surface area contributed by atoms with Gasteiger partial charge in [0.25, 0.3) is 0 Å². The average molecular weight is 286 g/mol. The monoisotopic (exact) mass is 286 g/mol. The number of hydrogen-bond acceptors (Lipinski definition) is 6. The van der Waals surface area contributed by atoms with Crippen molar-refractivity contribution in [2.45, 2.75) is 42.4 Å². The molecule has 2 heterocycles. The van der Waals surface area contributed by atoms with Gasteiger partial charge < -0.3 is 20.3 Å². The van der Waals surface area contributed by atoms with Crippen molar-refractivity contribution in [1.82, 2.24) is 5.32 Å². The van der Waals surface area contributed by atoms with Crippen LogP contribution in [0.1, 0.15) is 6.42 Å². The van der Waals surface area contributed by atoms with Gasteiger partial charge in [-0.25, -0.2) is 0 Å². The van der Waals surface area contributed by atoms with Crippen molar-refractivity contribution in [1.29, 1.82) is 0 Å². The third-order valence-corrected chi connectivity index (χ3v) is 3.96. The highest BCUT2D eigenvalue weighted by molar-refractivity contribution is 8.14. The molecule has 2 aliphatic rings. The Hall–Kier alpha value is -0.510. The molecule has 0 radical (unpaired) electrons. The largest absolute Gasteiger partial charge is 0.391 e. The van der Waals surface area contributed by atoms with Crippen LogP contribution in [0.15, 0.2) is 4.99 Å². The number of alkyl halides is 3. The van der Waals surface area contributed by atoms with Crippen molar-refractivity contribution >= 4 is 16.9 Å². The number of thioether (sulfide) groups is 1. The van der Waals surface area contributed by atoms with E-state index in [9.17, 15) is 23.4 Å². The molecule has 0 saturated carbocycles. The first-order valence-corrected chi connectivity index (χ1v) is 6.20. The first kappa shape index (κ1) is 13.9. The lowest BCUT2D eigenvalue weighted by molar-refractivity contribution is -0.209. The summed E-state index contributed by atoms with van der Waals surface area (Å²) >= 11 is 1.11. The van der Waals surface area contributed by atoms with E-state index in [0.717, 1.165) is 11.8 Å². The zero-order valence-corrected chi connectivity index (χ0v) is 10.2. The lowest BCUT2D eigenvalue weighted by Gasteiger charge is -2.38. The van der Waals surface area contributed by atoms with E-state index in [2.05, 4.69) is 10.3 Å².